The SMILES string of the molecule is CC(=O)CCC1=CC(=O)CC1. The Bertz CT molecular complexity index is 214. The van der Waals surface area contributed by atoms with Crippen molar-refractivity contribution in [1.29, 1.82) is 0 Å². The molecular weight excluding hydrogens is 140 g/mol. The zero-order chi connectivity index (χ0) is 8.27. The van der Waals surface area contributed by atoms with E-state index in [2.05, 4.69) is 0 Å². The molecule has 2 nitrogen and oxygen atoms in total. The molecule has 1 aliphatic carbocycles. The van der Waals surface area contributed by atoms with Gasteiger partial charge in [-0.2, -0.15) is 0 Å². The number of carbonyl (C=O) groups is 2. The molecule has 1 rings (SSSR count). The van der Waals surface area contributed by atoms with E-state index in [9.17, 15) is 9.59 Å². The van der Waals surface area contributed by atoms with Gasteiger partial charge in [0.25, 0.3) is 0 Å². The van der Waals surface area contributed by atoms with E-state index in [0.29, 0.717) is 12.8 Å². The van der Waals surface area contributed by atoms with Crippen LogP contribution in [0, 0.1) is 0 Å². The largest absolute Gasteiger partial charge is 0.300 e. The van der Waals surface area contributed by atoms with Crippen LogP contribution >= 0.6 is 0 Å². The Hall–Kier alpha value is -0.920. The summed E-state index contributed by atoms with van der Waals surface area (Å²) < 4.78 is 0. The Morgan fingerprint density at radius 1 is 1.55 bits per heavy atom. The number of ketones is 2. The van der Waals surface area contributed by atoms with Gasteiger partial charge in [0.05, 0.1) is 0 Å². The van der Waals surface area contributed by atoms with E-state index in [1.54, 1.807) is 13.0 Å². The third-order valence-electron chi connectivity index (χ3n) is 1.86. The van der Waals surface area contributed by atoms with E-state index in [1.807, 2.05) is 0 Å². The van der Waals surface area contributed by atoms with Gasteiger partial charge in [0.15, 0.2) is 5.78 Å². The van der Waals surface area contributed by atoms with E-state index >= 15 is 0 Å². The highest BCUT2D eigenvalue weighted by atomic mass is 16.1. The minimum absolute atomic E-state index is 0.199. The minimum Gasteiger partial charge on any atom is -0.300 e. The predicted molar refractivity (Wildman–Crippen MR) is 42.2 cm³/mol. The number of rotatable bonds is 3. The lowest BCUT2D eigenvalue weighted by atomic mass is 10.1. The van der Waals surface area contributed by atoms with Gasteiger partial charge in [-0.05, 0) is 25.8 Å². The first-order valence-electron chi connectivity index (χ1n) is 3.90. The molecular formula is C9H12O2. The van der Waals surface area contributed by atoms with E-state index in [4.69, 9.17) is 0 Å². The van der Waals surface area contributed by atoms with Crippen LogP contribution in [0.25, 0.3) is 0 Å². The van der Waals surface area contributed by atoms with Crippen molar-refractivity contribution < 1.29 is 9.59 Å². The molecule has 11 heavy (non-hydrogen) atoms. The van der Waals surface area contributed by atoms with Crippen LogP contribution in [0.4, 0.5) is 0 Å². The Labute approximate surface area is 66.3 Å². The third kappa shape index (κ3) is 2.66. The molecule has 0 amide bonds. The first-order valence-corrected chi connectivity index (χ1v) is 3.90. The summed E-state index contributed by atoms with van der Waals surface area (Å²) in [5.41, 5.74) is 1.14. The molecule has 0 spiro atoms. The molecule has 0 atom stereocenters. The summed E-state index contributed by atoms with van der Waals surface area (Å²) in [5.74, 6) is 0.411. The summed E-state index contributed by atoms with van der Waals surface area (Å²) in [7, 11) is 0. The Kier molecular flexibility index (Phi) is 2.58. The highest BCUT2D eigenvalue weighted by molar-refractivity contribution is 5.93. The van der Waals surface area contributed by atoms with Crippen molar-refractivity contribution >= 4 is 11.6 Å². The van der Waals surface area contributed by atoms with E-state index in [-0.39, 0.29) is 11.6 Å². The number of hydrogen-bond acceptors (Lipinski definition) is 2. The molecule has 2 heteroatoms. The maximum Gasteiger partial charge on any atom is 0.155 e. The predicted octanol–water partition coefficient (Wildman–Crippen LogP) is 1.64. The van der Waals surface area contributed by atoms with Crippen molar-refractivity contribution in [3.05, 3.63) is 11.6 Å². The summed E-state index contributed by atoms with van der Waals surface area (Å²) in [6, 6.07) is 0. The average Bonchev–Trinajstić information content (AvgIpc) is 2.31. The minimum atomic E-state index is 0.199. The van der Waals surface area contributed by atoms with Crippen LogP contribution < -0.4 is 0 Å². The van der Waals surface area contributed by atoms with Gasteiger partial charge in [-0.1, -0.05) is 5.57 Å². The van der Waals surface area contributed by atoms with Gasteiger partial charge in [0.1, 0.15) is 5.78 Å². The van der Waals surface area contributed by atoms with Crippen molar-refractivity contribution in [3.8, 4) is 0 Å². The molecule has 1 aliphatic rings. The Balaban J connectivity index is 2.33. The molecule has 0 saturated heterocycles. The second-order valence-corrected chi connectivity index (χ2v) is 2.97. The second kappa shape index (κ2) is 3.46. The number of carbonyl (C=O) groups excluding carboxylic acids is 2. The maximum atomic E-state index is 10.7. The van der Waals surface area contributed by atoms with Gasteiger partial charge < -0.3 is 4.79 Å². The van der Waals surface area contributed by atoms with Gasteiger partial charge in [-0.15, -0.1) is 0 Å². The standard InChI is InChI=1S/C9H12O2/c1-7(10)2-3-8-4-5-9(11)6-8/h6H,2-5H2,1H3. The van der Waals surface area contributed by atoms with Crippen molar-refractivity contribution in [2.24, 2.45) is 0 Å². The summed E-state index contributed by atoms with van der Waals surface area (Å²) >= 11 is 0. The molecule has 0 aromatic carbocycles. The smallest absolute Gasteiger partial charge is 0.155 e. The van der Waals surface area contributed by atoms with Crippen LogP contribution in [0.3, 0.4) is 0 Å². The number of allylic oxidation sites excluding steroid dienone is 2. The van der Waals surface area contributed by atoms with Crippen LogP contribution in [0.15, 0.2) is 11.6 Å². The zero-order valence-electron chi connectivity index (χ0n) is 6.72. The Morgan fingerprint density at radius 2 is 2.27 bits per heavy atom. The van der Waals surface area contributed by atoms with Gasteiger partial charge in [-0.25, -0.2) is 0 Å². The number of hydrogen-bond donors (Lipinski definition) is 0. The lowest BCUT2D eigenvalue weighted by Gasteiger charge is -1.95. The highest BCUT2D eigenvalue weighted by Crippen LogP contribution is 2.19. The zero-order valence-corrected chi connectivity index (χ0v) is 6.72. The molecule has 0 aromatic rings. The molecule has 0 aromatic heterocycles. The van der Waals surface area contributed by atoms with E-state index in [1.165, 1.54) is 0 Å². The monoisotopic (exact) mass is 152 g/mol. The molecule has 0 unspecified atom stereocenters. The maximum absolute atomic E-state index is 10.7. The molecule has 0 heterocycles. The summed E-state index contributed by atoms with van der Waals surface area (Å²) in [5, 5.41) is 0. The van der Waals surface area contributed by atoms with Crippen molar-refractivity contribution in [3.63, 3.8) is 0 Å². The van der Waals surface area contributed by atoms with E-state index in [0.717, 1.165) is 18.4 Å². The van der Waals surface area contributed by atoms with Gasteiger partial charge in [-0.3, -0.25) is 4.79 Å². The molecule has 0 bridgehead atoms. The molecule has 60 valence electrons. The normalized spacial score (nSPS) is 16.8. The summed E-state index contributed by atoms with van der Waals surface area (Å²) in [4.78, 5) is 21.3. The highest BCUT2D eigenvalue weighted by Gasteiger charge is 2.11. The third-order valence-corrected chi connectivity index (χ3v) is 1.86. The molecule has 0 radical (unpaired) electrons. The van der Waals surface area contributed by atoms with Gasteiger partial charge in [0.2, 0.25) is 0 Å². The van der Waals surface area contributed by atoms with Gasteiger partial charge >= 0.3 is 0 Å². The van der Waals surface area contributed by atoms with Crippen LogP contribution in [0.1, 0.15) is 32.6 Å². The molecule has 0 fully saturated rings. The summed E-state index contributed by atoms with van der Waals surface area (Å²) in [6.07, 6.45) is 4.56. The lowest BCUT2D eigenvalue weighted by molar-refractivity contribution is -0.117. The van der Waals surface area contributed by atoms with Crippen LogP contribution in [-0.4, -0.2) is 11.6 Å². The van der Waals surface area contributed by atoms with Gasteiger partial charge in [0, 0.05) is 12.8 Å². The molecule has 0 N–H and O–H groups in total. The average molecular weight is 152 g/mol. The Morgan fingerprint density at radius 3 is 2.73 bits per heavy atom. The molecule has 0 saturated carbocycles. The van der Waals surface area contributed by atoms with Crippen molar-refractivity contribution in [2.45, 2.75) is 32.6 Å². The van der Waals surface area contributed by atoms with E-state index < -0.39 is 0 Å². The second-order valence-electron chi connectivity index (χ2n) is 2.97. The van der Waals surface area contributed by atoms with Crippen molar-refractivity contribution in [2.75, 3.05) is 0 Å². The summed E-state index contributed by atoms with van der Waals surface area (Å²) in [6.45, 7) is 1.58. The van der Waals surface area contributed by atoms with Crippen LogP contribution in [-0.2, 0) is 9.59 Å². The first-order chi connectivity index (χ1) is 5.18. The fourth-order valence-electron chi connectivity index (χ4n) is 1.19. The first kappa shape index (κ1) is 8.18. The lowest BCUT2D eigenvalue weighted by Crippen LogP contribution is -1.89. The van der Waals surface area contributed by atoms with Crippen LogP contribution in [0.5, 0.6) is 0 Å². The fourth-order valence-corrected chi connectivity index (χ4v) is 1.19. The van der Waals surface area contributed by atoms with Crippen LogP contribution in [0.2, 0.25) is 0 Å². The quantitative estimate of drug-likeness (QED) is 0.616. The topological polar surface area (TPSA) is 34.1 Å². The molecule has 0 aliphatic heterocycles. The fraction of sp³-hybridized carbons (Fsp3) is 0.556. The van der Waals surface area contributed by atoms with Crippen molar-refractivity contribution in [1.82, 2.24) is 0 Å². The number of Topliss-reactive ketones (excluding diaryl/α,β-unsaturated/α-hetero) is 1.